The monoisotopic (exact) mass is 342 g/mol. The third kappa shape index (κ3) is 1.36. The Bertz CT molecular complexity index is 560. The van der Waals surface area contributed by atoms with Gasteiger partial charge in [-0.05, 0) is 19.3 Å². The van der Waals surface area contributed by atoms with Gasteiger partial charge in [0.1, 0.15) is 0 Å². The van der Waals surface area contributed by atoms with Gasteiger partial charge in [0.25, 0.3) is 0 Å². The first-order chi connectivity index (χ1) is 11.5. The van der Waals surface area contributed by atoms with Gasteiger partial charge < -0.3 is 18.9 Å². The predicted octanol–water partition coefficient (Wildman–Crippen LogP) is 0.398. The Morgan fingerprint density at radius 1 is 0.708 bits per heavy atom. The van der Waals surface area contributed by atoms with E-state index >= 15 is 0 Å². The van der Waals surface area contributed by atoms with E-state index in [9.17, 15) is 20.2 Å². The van der Waals surface area contributed by atoms with Crippen LogP contribution >= 0.6 is 0 Å². The Labute approximate surface area is 136 Å². The average molecular weight is 342 g/mol. The summed E-state index contributed by atoms with van der Waals surface area (Å²) in [7, 11) is 0. The minimum absolute atomic E-state index is 0.0970. The molecule has 0 aromatic carbocycles. The molecule has 2 spiro atoms. The second-order valence-electron chi connectivity index (χ2n) is 7.34. The fourth-order valence-electron chi connectivity index (χ4n) is 6.18. The number of ether oxygens (including phenoxy) is 4. The van der Waals surface area contributed by atoms with Crippen LogP contribution in [0, 0.1) is 43.9 Å². The SMILES string of the molecule is O=[N+]([O-])C1([N+](=O)[O-])[C@H]2C[C@@H]3C[C@@H](C[C@H]1C31OCCO1)C21OCCO1. The molecule has 24 heavy (non-hydrogen) atoms. The highest BCUT2D eigenvalue weighted by atomic mass is 16.8. The molecule has 132 valence electrons. The molecule has 0 amide bonds. The molecule has 2 heterocycles. The highest BCUT2D eigenvalue weighted by Gasteiger charge is 2.89. The predicted molar refractivity (Wildman–Crippen MR) is 73.8 cm³/mol. The van der Waals surface area contributed by atoms with Crippen LogP contribution in [0.3, 0.4) is 0 Å². The van der Waals surface area contributed by atoms with Crippen LogP contribution in [0.1, 0.15) is 19.3 Å². The molecular formula is C14H18N2O8. The number of nitrogens with zero attached hydrogens (tertiary/aromatic N) is 2. The third-order valence-corrected chi connectivity index (χ3v) is 6.81. The second kappa shape index (κ2) is 4.43. The first-order valence-electron chi connectivity index (χ1n) is 8.33. The maximum absolute atomic E-state index is 12.1. The standard InChI is InChI=1S/C14H18N2O8/c17-15(18)12(16(19)20)10-7-9-5-8(13(10)21-1-2-22-13)6-11(12)14(9)23-3-4-24-14/h8-11H,1-7H2/t8-,9-,10+,11+/m0/s1. The molecule has 2 saturated heterocycles. The van der Waals surface area contributed by atoms with Crippen LogP contribution < -0.4 is 0 Å². The molecule has 4 aliphatic carbocycles. The van der Waals surface area contributed by atoms with Crippen LogP contribution in [-0.4, -0.2) is 53.5 Å². The number of nitro groups is 2. The molecule has 10 heteroatoms. The normalized spacial score (nSPS) is 42.8. The lowest BCUT2D eigenvalue weighted by Gasteiger charge is -2.63. The smallest absolute Gasteiger partial charge is 0.346 e. The molecule has 2 aliphatic heterocycles. The van der Waals surface area contributed by atoms with Gasteiger partial charge in [-0.1, -0.05) is 0 Å². The van der Waals surface area contributed by atoms with Crippen LogP contribution in [-0.2, 0) is 18.9 Å². The van der Waals surface area contributed by atoms with E-state index in [2.05, 4.69) is 0 Å². The molecular weight excluding hydrogens is 324 g/mol. The van der Waals surface area contributed by atoms with Crippen molar-refractivity contribution in [2.45, 2.75) is 36.5 Å². The fourth-order valence-corrected chi connectivity index (χ4v) is 6.18. The van der Waals surface area contributed by atoms with Crippen molar-refractivity contribution in [2.75, 3.05) is 26.4 Å². The molecule has 0 unspecified atom stereocenters. The maximum atomic E-state index is 12.1. The summed E-state index contributed by atoms with van der Waals surface area (Å²) >= 11 is 0. The van der Waals surface area contributed by atoms with Crippen LogP contribution in [0.15, 0.2) is 0 Å². The van der Waals surface area contributed by atoms with Crippen molar-refractivity contribution in [3.63, 3.8) is 0 Å². The van der Waals surface area contributed by atoms with Crippen LogP contribution in [0.25, 0.3) is 0 Å². The number of hydrogen-bond acceptors (Lipinski definition) is 8. The topological polar surface area (TPSA) is 123 Å². The van der Waals surface area contributed by atoms with Crippen molar-refractivity contribution < 1.29 is 28.8 Å². The molecule has 6 rings (SSSR count). The molecule has 0 aromatic heterocycles. The quantitative estimate of drug-likeness (QED) is 0.401. The summed E-state index contributed by atoms with van der Waals surface area (Å²) in [6, 6.07) is 0. The third-order valence-electron chi connectivity index (χ3n) is 6.81. The zero-order chi connectivity index (χ0) is 16.7. The average Bonchev–Trinajstić information content (AvgIpc) is 3.17. The van der Waals surface area contributed by atoms with Crippen LogP contribution in [0.2, 0.25) is 0 Å². The molecule has 4 atom stereocenters. The van der Waals surface area contributed by atoms with Crippen LogP contribution in [0.4, 0.5) is 0 Å². The van der Waals surface area contributed by atoms with E-state index < -0.39 is 38.9 Å². The summed E-state index contributed by atoms with van der Waals surface area (Å²) in [5.74, 6) is -4.49. The lowest BCUT2D eigenvalue weighted by atomic mass is 9.46. The van der Waals surface area contributed by atoms with E-state index in [4.69, 9.17) is 18.9 Å². The largest absolute Gasteiger partial charge is 0.474 e. The Hall–Kier alpha value is -1.36. The first-order valence-corrected chi connectivity index (χ1v) is 8.33. The molecule has 0 radical (unpaired) electrons. The van der Waals surface area contributed by atoms with E-state index in [1.54, 1.807) is 0 Å². The molecule has 0 N–H and O–H groups in total. The molecule has 6 fully saturated rings. The Morgan fingerprint density at radius 2 is 1.08 bits per heavy atom. The zero-order valence-corrected chi connectivity index (χ0v) is 12.9. The Morgan fingerprint density at radius 3 is 1.42 bits per heavy atom. The van der Waals surface area contributed by atoms with Gasteiger partial charge >= 0.3 is 5.66 Å². The number of hydrogen-bond donors (Lipinski definition) is 0. The molecule has 4 bridgehead atoms. The van der Waals surface area contributed by atoms with Crippen molar-refractivity contribution in [3.8, 4) is 0 Å². The highest BCUT2D eigenvalue weighted by molar-refractivity contribution is 5.18. The van der Waals surface area contributed by atoms with Crippen LogP contribution in [0.5, 0.6) is 0 Å². The summed E-state index contributed by atoms with van der Waals surface area (Å²) in [4.78, 5) is 22.6. The summed E-state index contributed by atoms with van der Waals surface area (Å²) in [5, 5.41) is 24.1. The summed E-state index contributed by atoms with van der Waals surface area (Å²) in [5.41, 5.74) is -2.40. The zero-order valence-electron chi connectivity index (χ0n) is 12.9. The second-order valence-corrected chi connectivity index (χ2v) is 7.34. The van der Waals surface area contributed by atoms with E-state index in [1.165, 1.54) is 0 Å². The van der Waals surface area contributed by atoms with Crippen molar-refractivity contribution >= 4 is 0 Å². The van der Waals surface area contributed by atoms with Crippen molar-refractivity contribution in [2.24, 2.45) is 23.7 Å². The molecule has 6 aliphatic rings. The van der Waals surface area contributed by atoms with Gasteiger partial charge in [0.15, 0.2) is 23.4 Å². The van der Waals surface area contributed by atoms with E-state index in [0.717, 1.165) is 0 Å². The van der Waals surface area contributed by atoms with Gasteiger partial charge in [0.2, 0.25) is 0 Å². The minimum atomic E-state index is -2.40. The van der Waals surface area contributed by atoms with E-state index in [0.29, 0.717) is 32.8 Å². The number of rotatable bonds is 2. The summed E-state index contributed by atoms with van der Waals surface area (Å²) in [6.07, 6.45) is 1.18. The van der Waals surface area contributed by atoms with Gasteiger partial charge in [-0.2, -0.15) is 0 Å². The van der Waals surface area contributed by atoms with Crippen molar-refractivity contribution in [3.05, 3.63) is 20.2 Å². The van der Waals surface area contributed by atoms with E-state index in [1.807, 2.05) is 0 Å². The lowest BCUT2D eigenvalue weighted by Crippen LogP contribution is -2.81. The van der Waals surface area contributed by atoms with Gasteiger partial charge in [-0.15, -0.1) is 0 Å². The molecule has 0 aromatic rings. The first kappa shape index (κ1) is 14.9. The Balaban J connectivity index is 1.72. The maximum Gasteiger partial charge on any atom is 0.474 e. The van der Waals surface area contributed by atoms with Crippen molar-refractivity contribution in [1.82, 2.24) is 0 Å². The van der Waals surface area contributed by atoms with Gasteiger partial charge in [-0.3, -0.25) is 20.2 Å². The minimum Gasteiger partial charge on any atom is -0.346 e. The molecule has 4 saturated carbocycles. The molecule has 10 nitrogen and oxygen atoms in total. The highest BCUT2D eigenvalue weighted by Crippen LogP contribution is 2.69. The fraction of sp³-hybridized carbons (Fsp3) is 1.00. The van der Waals surface area contributed by atoms with Crippen molar-refractivity contribution in [1.29, 1.82) is 0 Å². The summed E-state index contributed by atoms with van der Waals surface area (Å²) in [6.45, 7) is 1.25. The van der Waals surface area contributed by atoms with E-state index in [-0.39, 0.29) is 24.7 Å². The van der Waals surface area contributed by atoms with Gasteiger partial charge in [0, 0.05) is 11.8 Å². The Kier molecular flexibility index (Phi) is 2.75. The summed E-state index contributed by atoms with van der Waals surface area (Å²) < 4.78 is 23.2. The lowest BCUT2D eigenvalue weighted by molar-refractivity contribution is -0.837. The van der Waals surface area contributed by atoms with Gasteiger partial charge in [0.05, 0.1) is 36.3 Å². The van der Waals surface area contributed by atoms with Gasteiger partial charge in [-0.25, -0.2) is 0 Å².